The van der Waals surface area contributed by atoms with Gasteiger partial charge in [-0.25, -0.2) is 4.39 Å². The standard InChI is InChI=1S/C16H11BrFNO/c1-19-9-12(10-5-2-3-8-14(10)19)16(20)11-6-4-7-13(18)15(11)17/h2-9H,1H3. The lowest BCUT2D eigenvalue weighted by molar-refractivity contribution is 0.103. The molecule has 3 aromatic rings. The van der Waals surface area contributed by atoms with Gasteiger partial charge in [-0.2, -0.15) is 0 Å². The maximum absolute atomic E-state index is 13.6. The molecule has 1 heterocycles. The Morgan fingerprint density at radius 3 is 2.65 bits per heavy atom. The van der Waals surface area contributed by atoms with Crippen molar-refractivity contribution < 1.29 is 9.18 Å². The molecule has 0 unspecified atom stereocenters. The lowest BCUT2D eigenvalue weighted by Gasteiger charge is -2.03. The molecule has 0 fully saturated rings. The Balaban J connectivity index is 2.21. The number of benzene rings is 2. The number of carbonyl (C=O) groups excluding carboxylic acids is 1. The maximum Gasteiger partial charge on any atom is 0.196 e. The van der Waals surface area contributed by atoms with E-state index in [-0.39, 0.29) is 10.3 Å². The minimum Gasteiger partial charge on any atom is -0.350 e. The van der Waals surface area contributed by atoms with Crippen molar-refractivity contribution in [3.63, 3.8) is 0 Å². The van der Waals surface area contributed by atoms with E-state index >= 15 is 0 Å². The number of hydrogen-bond acceptors (Lipinski definition) is 1. The molecular weight excluding hydrogens is 321 g/mol. The Kier molecular flexibility index (Phi) is 3.18. The van der Waals surface area contributed by atoms with Crippen LogP contribution in [-0.2, 0) is 7.05 Å². The first kappa shape index (κ1) is 13.1. The van der Waals surface area contributed by atoms with Gasteiger partial charge >= 0.3 is 0 Å². The van der Waals surface area contributed by atoms with E-state index in [1.165, 1.54) is 6.07 Å². The number of rotatable bonds is 2. The number of nitrogens with zero attached hydrogens (tertiary/aromatic N) is 1. The van der Waals surface area contributed by atoms with Gasteiger partial charge in [0.1, 0.15) is 5.82 Å². The van der Waals surface area contributed by atoms with Crippen molar-refractivity contribution >= 4 is 32.6 Å². The van der Waals surface area contributed by atoms with Gasteiger partial charge in [-0.05, 0) is 34.1 Å². The van der Waals surface area contributed by atoms with Crippen LogP contribution < -0.4 is 0 Å². The van der Waals surface area contributed by atoms with E-state index < -0.39 is 5.82 Å². The summed E-state index contributed by atoms with van der Waals surface area (Å²) in [5.74, 6) is -0.621. The fourth-order valence-corrected chi connectivity index (χ4v) is 2.79. The number of para-hydroxylation sites is 1. The van der Waals surface area contributed by atoms with E-state index in [0.29, 0.717) is 11.1 Å². The Bertz CT molecular complexity index is 822. The highest BCUT2D eigenvalue weighted by Crippen LogP contribution is 2.27. The first-order chi connectivity index (χ1) is 9.59. The molecule has 0 atom stereocenters. The Hall–Kier alpha value is -1.94. The molecule has 4 heteroatoms. The summed E-state index contributed by atoms with van der Waals surface area (Å²) in [5, 5.41) is 0.871. The second kappa shape index (κ2) is 4.87. The van der Waals surface area contributed by atoms with Crippen LogP contribution in [0.25, 0.3) is 10.9 Å². The summed E-state index contributed by atoms with van der Waals surface area (Å²) < 4.78 is 15.7. The van der Waals surface area contributed by atoms with Gasteiger partial charge in [0.2, 0.25) is 0 Å². The average Bonchev–Trinajstić information content (AvgIpc) is 2.79. The molecule has 100 valence electrons. The largest absolute Gasteiger partial charge is 0.350 e. The zero-order valence-electron chi connectivity index (χ0n) is 10.7. The third-order valence-electron chi connectivity index (χ3n) is 3.34. The molecular formula is C16H11BrFNO. The fraction of sp³-hybridized carbons (Fsp3) is 0.0625. The third kappa shape index (κ3) is 1.96. The maximum atomic E-state index is 13.6. The molecule has 0 aliphatic rings. The van der Waals surface area contributed by atoms with Gasteiger partial charge in [-0.3, -0.25) is 4.79 Å². The number of halogens is 2. The van der Waals surface area contributed by atoms with Crippen LogP contribution in [0.2, 0.25) is 0 Å². The molecule has 2 aromatic carbocycles. The lowest BCUT2D eigenvalue weighted by atomic mass is 10.0. The number of hydrogen-bond donors (Lipinski definition) is 0. The summed E-state index contributed by atoms with van der Waals surface area (Å²) in [6, 6.07) is 12.1. The molecule has 0 saturated heterocycles. The molecule has 0 bridgehead atoms. The molecule has 0 aliphatic heterocycles. The topological polar surface area (TPSA) is 22.0 Å². The number of aromatic nitrogens is 1. The first-order valence-electron chi connectivity index (χ1n) is 6.12. The van der Waals surface area contributed by atoms with E-state index in [0.717, 1.165) is 10.9 Å². The van der Waals surface area contributed by atoms with Gasteiger partial charge in [0.25, 0.3) is 0 Å². The summed E-state index contributed by atoms with van der Waals surface area (Å²) in [4.78, 5) is 12.6. The second-order valence-electron chi connectivity index (χ2n) is 4.60. The van der Waals surface area contributed by atoms with Crippen LogP contribution in [0.3, 0.4) is 0 Å². The molecule has 0 saturated carbocycles. The van der Waals surface area contributed by atoms with Crippen LogP contribution in [-0.4, -0.2) is 10.4 Å². The minimum atomic E-state index is -0.434. The molecule has 0 aliphatic carbocycles. The molecule has 1 aromatic heterocycles. The van der Waals surface area contributed by atoms with Crippen molar-refractivity contribution in [1.29, 1.82) is 0 Å². The minimum absolute atomic E-state index is 0.187. The predicted molar refractivity (Wildman–Crippen MR) is 80.5 cm³/mol. The lowest BCUT2D eigenvalue weighted by Crippen LogP contribution is -2.02. The Morgan fingerprint density at radius 2 is 1.85 bits per heavy atom. The molecule has 2 nitrogen and oxygen atoms in total. The van der Waals surface area contributed by atoms with E-state index in [4.69, 9.17) is 0 Å². The zero-order valence-corrected chi connectivity index (χ0v) is 12.3. The number of ketones is 1. The number of carbonyl (C=O) groups is 1. The number of fused-ring (bicyclic) bond motifs is 1. The number of aryl methyl sites for hydroxylation is 1. The van der Waals surface area contributed by atoms with Crippen molar-refractivity contribution in [3.05, 3.63) is 70.1 Å². The van der Waals surface area contributed by atoms with Crippen molar-refractivity contribution in [2.75, 3.05) is 0 Å². The Labute approximate surface area is 124 Å². The molecule has 0 amide bonds. The fourth-order valence-electron chi connectivity index (χ4n) is 2.35. The normalized spacial score (nSPS) is 10.9. The van der Waals surface area contributed by atoms with E-state index in [2.05, 4.69) is 15.9 Å². The van der Waals surface area contributed by atoms with Crippen LogP contribution in [0.1, 0.15) is 15.9 Å². The zero-order chi connectivity index (χ0) is 14.3. The molecule has 20 heavy (non-hydrogen) atoms. The molecule has 0 N–H and O–H groups in total. The van der Waals surface area contributed by atoms with Crippen LogP contribution >= 0.6 is 15.9 Å². The SMILES string of the molecule is Cn1cc(C(=O)c2cccc(F)c2Br)c2ccccc21. The highest BCUT2D eigenvalue weighted by molar-refractivity contribution is 9.10. The van der Waals surface area contributed by atoms with E-state index in [1.54, 1.807) is 18.3 Å². The van der Waals surface area contributed by atoms with Crippen molar-refractivity contribution in [2.45, 2.75) is 0 Å². The second-order valence-corrected chi connectivity index (χ2v) is 5.39. The average molecular weight is 332 g/mol. The van der Waals surface area contributed by atoms with Gasteiger partial charge in [0, 0.05) is 35.3 Å². The quantitative estimate of drug-likeness (QED) is 0.641. The monoisotopic (exact) mass is 331 g/mol. The highest BCUT2D eigenvalue weighted by atomic mass is 79.9. The summed E-state index contributed by atoms with van der Waals surface area (Å²) in [6.07, 6.45) is 1.78. The van der Waals surface area contributed by atoms with Gasteiger partial charge in [0.05, 0.1) is 4.47 Å². The van der Waals surface area contributed by atoms with Gasteiger partial charge in [0.15, 0.2) is 5.78 Å². The van der Waals surface area contributed by atoms with Gasteiger partial charge in [-0.1, -0.05) is 24.3 Å². The van der Waals surface area contributed by atoms with Crippen LogP contribution in [0, 0.1) is 5.82 Å². The smallest absolute Gasteiger partial charge is 0.196 e. The highest BCUT2D eigenvalue weighted by Gasteiger charge is 2.19. The van der Waals surface area contributed by atoms with Crippen LogP contribution in [0.5, 0.6) is 0 Å². The summed E-state index contributed by atoms with van der Waals surface area (Å²) >= 11 is 3.15. The predicted octanol–water partition coefficient (Wildman–Crippen LogP) is 4.31. The van der Waals surface area contributed by atoms with E-state index in [9.17, 15) is 9.18 Å². The summed E-state index contributed by atoms with van der Waals surface area (Å²) in [5.41, 5.74) is 1.89. The summed E-state index contributed by atoms with van der Waals surface area (Å²) in [6.45, 7) is 0. The van der Waals surface area contributed by atoms with Crippen LogP contribution in [0.4, 0.5) is 4.39 Å². The molecule has 0 spiro atoms. The van der Waals surface area contributed by atoms with Crippen molar-refractivity contribution in [3.8, 4) is 0 Å². The van der Waals surface area contributed by atoms with Gasteiger partial charge < -0.3 is 4.57 Å². The first-order valence-corrected chi connectivity index (χ1v) is 6.91. The molecule has 0 radical (unpaired) electrons. The van der Waals surface area contributed by atoms with Crippen LogP contribution in [0.15, 0.2) is 53.1 Å². The third-order valence-corrected chi connectivity index (χ3v) is 4.14. The Morgan fingerprint density at radius 1 is 1.10 bits per heavy atom. The van der Waals surface area contributed by atoms with Crippen molar-refractivity contribution in [1.82, 2.24) is 4.57 Å². The van der Waals surface area contributed by atoms with Gasteiger partial charge in [-0.15, -0.1) is 0 Å². The van der Waals surface area contributed by atoms with Crippen molar-refractivity contribution in [2.24, 2.45) is 7.05 Å². The van der Waals surface area contributed by atoms with E-state index in [1.807, 2.05) is 35.9 Å². The molecule has 3 rings (SSSR count). The summed E-state index contributed by atoms with van der Waals surface area (Å²) in [7, 11) is 1.89.